The van der Waals surface area contributed by atoms with E-state index in [4.69, 9.17) is 18.9 Å². The normalized spacial score (nSPS) is 17.7. The van der Waals surface area contributed by atoms with Crippen LogP contribution in [0.3, 0.4) is 0 Å². The summed E-state index contributed by atoms with van der Waals surface area (Å²) < 4.78 is 22.5. The van der Waals surface area contributed by atoms with Crippen molar-refractivity contribution in [3.63, 3.8) is 0 Å². The minimum Gasteiger partial charge on any atom is -0.460 e. The van der Waals surface area contributed by atoms with E-state index in [1.807, 2.05) is 97.1 Å². The third kappa shape index (κ3) is 13.8. The van der Waals surface area contributed by atoms with Crippen LogP contribution in [0.2, 0.25) is 0 Å². The largest absolute Gasteiger partial charge is 0.508 e. The van der Waals surface area contributed by atoms with Crippen molar-refractivity contribution in [1.82, 2.24) is 21.4 Å². The number of alkyl carbamates (subject to hydrolysis) is 1. The number of nitrogens with one attached hydrogen (secondary N) is 4. The average molecular weight is 1100 g/mol. The molecule has 1 fully saturated rings. The molecule has 1 heterocycles. The standard InChI is InChI=1S/C62H67N7O12/c1-62(2,3)81-56(72)30-39(32-65-67-59(75)64-31-38-25-27-40(28-26-38)57(73)63-4)29-41(70)33-69-54-24-14-13-23-53(54)68(55(71)37-80-61(77)79-36-51-48-21-11-7-17-44(48)45-18-8-12-22-49(45)51)34-52(58(69)74)66-60(76)78-35-50-46-19-9-5-15-42(46)43-16-6-10-20-47(43)50/h5-24,32,38-40,50-52H,25-31,33-37H2,1-4H3,(H,63,73)(H,66,76)(H2,64,67,75)/b65-32+/t38?,39-,40?,52-/m0/s1. The van der Waals surface area contributed by atoms with Gasteiger partial charge in [-0.3, -0.25) is 24.0 Å². The molecule has 422 valence electrons. The van der Waals surface area contributed by atoms with Gasteiger partial charge in [-0.1, -0.05) is 109 Å². The first-order chi connectivity index (χ1) is 39.0. The third-order valence-electron chi connectivity index (χ3n) is 15.1. The van der Waals surface area contributed by atoms with E-state index in [9.17, 15) is 38.4 Å². The molecule has 2 atom stereocenters. The molecule has 0 spiro atoms. The van der Waals surface area contributed by atoms with E-state index < -0.39 is 79.1 Å². The highest BCUT2D eigenvalue weighted by Gasteiger charge is 2.40. The van der Waals surface area contributed by atoms with Gasteiger partial charge in [0, 0.05) is 49.9 Å². The molecular weight excluding hydrogens is 1030 g/mol. The van der Waals surface area contributed by atoms with Gasteiger partial charge in [0.25, 0.3) is 11.8 Å². The Bertz CT molecular complexity index is 3130. The Morgan fingerprint density at radius 1 is 0.679 bits per heavy atom. The van der Waals surface area contributed by atoms with Crippen molar-refractivity contribution in [2.75, 3.05) is 56.3 Å². The lowest BCUT2D eigenvalue weighted by molar-refractivity contribution is -0.155. The molecule has 0 bridgehead atoms. The van der Waals surface area contributed by atoms with Crippen LogP contribution in [0.5, 0.6) is 0 Å². The van der Waals surface area contributed by atoms with Crippen LogP contribution in [0.25, 0.3) is 22.3 Å². The number of fused-ring (bicyclic) bond motifs is 7. The fraction of sp³-hybridized carbons (Fsp3) is 0.371. The number of hydrazone groups is 1. The minimum atomic E-state index is -1.51. The van der Waals surface area contributed by atoms with Gasteiger partial charge in [0.1, 0.15) is 24.9 Å². The van der Waals surface area contributed by atoms with Gasteiger partial charge in [-0.05, 0) is 109 Å². The number of urea groups is 1. The molecule has 81 heavy (non-hydrogen) atoms. The predicted octanol–water partition coefficient (Wildman–Crippen LogP) is 8.38. The monoisotopic (exact) mass is 1100 g/mol. The number of hydrogen-bond donors (Lipinski definition) is 4. The number of ether oxygens (including phenoxy) is 4. The highest BCUT2D eigenvalue weighted by atomic mass is 16.7. The highest BCUT2D eigenvalue weighted by molar-refractivity contribution is 6.10. The zero-order chi connectivity index (χ0) is 57.2. The van der Waals surface area contributed by atoms with Crippen LogP contribution in [0.4, 0.5) is 25.8 Å². The van der Waals surface area contributed by atoms with Gasteiger partial charge in [0.05, 0.1) is 30.9 Å². The van der Waals surface area contributed by atoms with Crippen LogP contribution < -0.4 is 31.2 Å². The number of nitrogens with zero attached hydrogens (tertiary/aromatic N) is 3. The number of ketones is 1. The number of carbonyl (C=O) groups is 8. The Hall–Kier alpha value is -8.87. The number of benzene rings is 5. The van der Waals surface area contributed by atoms with Gasteiger partial charge in [0.2, 0.25) is 5.91 Å². The number of rotatable bonds is 18. The summed E-state index contributed by atoms with van der Waals surface area (Å²) in [4.78, 5) is 112. The van der Waals surface area contributed by atoms with Gasteiger partial charge in [-0.25, -0.2) is 19.8 Å². The third-order valence-corrected chi connectivity index (χ3v) is 15.1. The van der Waals surface area contributed by atoms with Crippen molar-refractivity contribution in [3.8, 4) is 22.3 Å². The van der Waals surface area contributed by atoms with Gasteiger partial charge < -0.3 is 44.7 Å². The Balaban J connectivity index is 0.905. The molecule has 19 heteroatoms. The molecule has 0 radical (unpaired) electrons. The van der Waals surface area contributed by atoms with Crippen LogP contribution in [-0.2, 0) is 42.9 Å². The number of para-hydroxylation sites is 2. The van der Waals surface area contributed by atoms with E-state index in [0.717, 1.165) is 62.2 Å². The summed E-state index contributed by atoms with van der Waals surface area (Å²) >= 11 is 0. The SMILES string of the molecule is CNC(=O)C1CCC(CNC(=O)N/N=C/[C@@H](CC(=O)CN2C(=O)[C@@H](NC(=O)OCC3c4ccccc4-c4ccccc43)CN(C(=O)COC(=O)OCC3c4ccccc4-c4ccccc43)c3ccccc32)CC(=O)OC(C)(C)C)CC1. The average Bonchev–Trinajstić information content (AvgIpc) is 4.00. The first-order valence-corrected chi connectivity index (χ1v) is 27.4. The topological polar surface area (TPSA) is 240 Å². The summed E-state index contributed by atoms with van der Waals surface area (Å²) in [7, 11) is 1.62. The lowest BCUT2D eigenvalue weighted by Crippen LogP contribution is -2.54. The molecule has 5 aromatic carbocycles. The van der Waals surface area contributed by atoms with Crippen LogP contribution in [-0.4, -0.2) is 112 Å². The van der Waals surface area contributed by atoms with Gasteiger partial charge in [0.15, 0.2) is 12.4 Å². The number of anilines is 2. The Kier molecular flexibility index (Phi) is 17.9. The van der Waals surface area contributed by atoms with Crippen LogP contribution in [0.1, 0.15) is 93.4 Å². The van der Waals surface area contributed by atoms with E-state index in [0.29, 0.717) is 19.4 Å². The van der Waals surface area contributed by atoms with Crippen molar-refractivity contribution in [2.45, 2.75) is 82.8 Å². The first-order valence-electron chi connectivity index (χ1n) is 27.4. The van der Waals surface area contributed by atoms with Gasteiger partial charge in [-0.15, -0.1) is 0 Å². The number of esters is 1. The van der Waals surface area contributed by atoms with E-state index >= 15 is 0 Å². The Morgan fingerprint density at radius 2 is 1.21 bits per heavy atom. The molecule has 0 unspecified atom stereocenters. The van der Waals surface area contributed by atoms with Gasteiger partial charge in [-0.2, -0.15) is 5.10 Å². The van der Waals surface area contributed by atoms with E-state index in [2.05, 4.69) is 26.5 Å². The fourth-order valence-corrected chi connectivity index (χ4v) is 11.3. The van der Waals surface area contributed by atoms with Crippen molar-refractivity contribution in [3.05, 3.63) is 144 Å². The fourth-order valence-electron chi connectivity index (χ4n) is 11.3. The van der Waals surface area contributed by atoms with E-state index in [-0.39, 0.29) is 67.0 Å². The molecule has 4 aliphatic rings. The summed E-state index contributed by atoms with van der Waals surface area (Å²) in [5.41, 5.74) is 9.84. The molecule has 19 nitrogen and oxygen atoms in total. The minimum absolute atomic E-state index is 0.0127. The zero-order valence-electron chi connectivity index (χ0n) is 45.8. The lowest BCUT2D eigenvalue weighted by Gasteiger charge is -2.27. The number of amides is 6. The molecule has 0 aromatic heterocycles. The molecule has 4 N–H and O–H groups in total. The summed E-state index contributed by atoms with van der Waals surface area (Å²) in [5.74, 6) is -4.09. The smallest absolute Gasteiger partial charge is 0.460 e. The molecule has 6 amide bonds. The van der Waals surface area contributed by atoms with Crippen LogP contribution >= 0.6 is 0 Å². The maximum absolute atomic E-state index is 15.0. The van der Waals surface area contributed by atoms with Crippen molar-refractivity contribution in [1.29, 1.82) is 0 Å². The molecule has 5 aromatic rings. The van der Waals surface area contributed by atoms with E-state index in [1.54, 1.807) is 52.1 Å². The molecule has 9 rings (SSSR count). The predicted molar refractivity (Wildman–Crippen MR) is 302 cm³/mol. The summed E-state index contributed by atoms with van der Waals surface area (Å²) in [6.07, 6.45) is 1.51. The van der Waals surface area contributed by atoms with Crippen molar-refractivity contribution in [2.24, 2.45) is 22.9 Å². The highest BCUT2D eigenvalue weighted by Crippen LogP contribution is 2.46. The lowest BCUT2D eigenvalue weighted by atomic mass is 9.81. The quantitative estimate of drug-likeness (QED) is 0.0280. The summed E-state index contributed by atoms with van der Waals surface area (Å²) in [5, 5.41) is 12.3. The second kappa shape index (κ2) is 25.5. The van der Waals surface area contributed by atoms with Crippen LogP contribution in [0.15, 0.2) is 126 Å². The second-order valence-corrected chi connectivity index (χ2v) is 21.7. The Morgan fingerprint density at radius 3 is 1.77 bits per heavy atom. The number of carbonyl (C=O) groups excluding carboxylic acids is 8. The summed E-state index contributed by atoms with van der Waals surface area (Å²) in [6.45, 7) is 3.46. The molecule has 1 aliphatic heterocycles. The van der Waals surface area contributed by atoms with Gasteiger partial charge >= 0.3 is 24.2 Å². The summed E-state index contributed by atoms with van der Waals surface area (Å²) in [6, 6.07) is 35.6. The molecule has 1 saturated carbocycles. The zero-order valence-corrected chi connectivity index (χ0v) is 45.8. The molecule has 0 saturated heterocycles. The second-order valence-electron chi connectivity index (χ2n) is 21.7. The Labute approximate surface area is 470 Å². The number of Topliss-reactive ketones (excluding diaryl/α,β-unsaturated/α-hetero) is 1. The first kappa shape index (κ1) is 56.8. The molecular formula is C62H67N7O12. The van der Waals surface area contributed by atoms with Crippen LogP contribution in [0, 0.1) is 17.8 Å². The molecule has 3 aliphatic carbocycles. The van der Waals surface area contributed by atoms with Crippen molar-refractivity contribution < 1.29 is 57.3 Å². The number of hydrogen-bond acceptors (Lipinski definition) is 13. The maximum Gasteiger partial charge on any atom is 0.508 e. The maximum atomic E-state index is 15.0. The van der Waals surface area contributed by atoms with Crippen molar-refractivity contribution >= 4 is 65.3 Å². The van der Waals surface area contributed by atoms with E-state index in [1.165, 1.54) is 11.1 Å².